The monoisotopic (exact) mass is 1590 g/mol. The maximum absolute atomic E-state index is 14.6. The Morgan fingerprint density at radius 2 is 0.538 bits per heavy atom. The van der Waals surface area contributed by atoms with Crippen LogP contribution in [0, 0.1) is 124 Å². The summed E-state index contributed by atoms with van der Waals surface area (Å²) in [4.78, 5) is 0. The van der Waals surface area contributed by atoms with Crippen LogP contribution in [0.1, 0.15) is 66.8 Å². The SMILES string of the molecule is Cc1cc[n+](C)c(-c2c(C)cc(F)c3c2oc2cc(F)ccc23)c1.Cc1cc[n+](C)c(-c2c(C)ccc3c2oc2c(C)c(F)ccc23)c1.Cc1cc[n+](C)c(-c2c(C)ccc3c2oc2cc(F)c(C)cc23)c1.Cc1cc[n+](C)c(-c2c(C)ccc3c2oc2cc(F)cc(F)c23)c1.Cc1cc[n+](C)c(-c2c(C)ccc3c2oc2cc(F)ccc23)c1. The minimum Gasteiger partial charge on any atom is -0.455 e. The van der Waals surface area contributed by atoms with Crippen molar-refractivity contribution in [2.75, 3.05) is 0 Å². The summed E-state index contributed by atoms with van der Waals surface area (Å²) in [5.41, 5.74) is 28.2. The second-order valence-corrected chi connectivity index (χ2v) is 31.5. The van der Waals surface area contributed by atoms with E-state index in [0.717, 1.165) is 150 Å². The first kappa shape index (κ1) is 79.3. The van der Waals surface area contributed by atoms with Crippen molar-refractivity contribution in [3.63, 3.8) is 0 Å². The highest BCUT2D eigenvalue weighted by Crippen LogP contribution is 2.45. The van der Waals surface area contributed by atoms with Gasteiger partial charge in [0.2, 0.25) is 28.5 Å². The zero-order chi connectivity index (χ0) is 84.2. The third-order valence-corrected chi connectivity index (χ3v) is 22.7. The van der Waals surface area contributed by atoms with E-state index in [0.29, 0.717) is 66.2 Å². The molecule has 0 spiro atoms. The molecular formula is C102H87F7N5O5+5. The van der Waals surface area contributed by atoms with Gasteiger partial charge in [-0.25, -0.2) is 53.6 Å². The summed E-state index contributed by atoms with van der Waals surface area (Å²) in [6.07, 6.45) is 10.1. The number of pyridine rings is 5. The third-order valence-electron chi connectivity index (χ3n) is 22.7. The van der Waals surface area contributed by atoms with Crippen molar-refractivity contribution in [2.24, 2.45) is 35.2 Å². The van der Waals surface area contributed by atoms with Crippen LogP contribution in [0.2, 0.25) is 0 Å². The van der Waals surface area contributed by atoms with Gasteiger partial charge in [-0.05, 0) is 193 Å². The van der Waals surface area contributed by atoms with Gasteiger partial charge in [0.15, 0.2) is 36.6 Å². The van der Waals surface area contributed by atoms with E-state index in [1.165, 1.54) is 65.2 Å². The molecular weight excluding hydrogens is 1510 g/mol. The van der Waals surface area contributed by atoms with Gasteiger partial charge in [0, 0.05) is 140 Å². The van der Waals surface area contributed by atoms with Gasteiger partial charge in [-0.1, -0.05) is 48.5 Å². The predicted molar refractivity (Wildman–Crippen MR) is 458 cm³/mol. The van der Waals surface area contributed by atoms with E-state index in [1.54, 1.807) is 32.0 Å². The van der Waals surface area contributed by atoms with Gasteiger partial charge < -0.3 is 22.1 Å². The summed E-state index contributed by atoms with van der Waals surface area (Å²) >= 11 is 0. The number of furan rings is 5. The van der Waals surface area contributed by atoms with Gasteiger partial charge in [-0.3, -0.25) is 0 Å². The van der Waals surface area contributed by atoms with Crippen LogP contribution >= 0.6 is 0 Å². The molecule has 0 atom stereocenters. The Hall–Kier alpha value is -13.5. The van der Waals surface area contributed by atoms with E-state index < -0.39 is 17.5 Å². The molecule has 0 radical (unpaired) electrons. The van der Waals surface area contributed by atoms with Crippen LogP contribution in [0.3, 0.4) is 0 Å². The number of nitrogens with zero attached hydrogens (tertiary/aromatic N) is 5. The number of aryl methyl sites for hydroxylation is 17. The molecule has 20 rings (SSSR count). The van der Waals surface area contributed by atoms with E-state index >= 15 is 0 Å². The smallest absolute Gasteiger partial charge is 0.216 e. The van der Waals surface area contributed by atoms with E-state index in [1.807, 2.05) is 133 Å². The highest BCUT2D eigenvalue weighted by Gasteiger charge is 2.29. The molecule has 594 valence electrons. The van der Waals surface area contributed by atoms with Crippen LogP contribution < -0.4 is 22.8 Å². The zero-order valence-corrected chi connectivity index (χ0v) is 69.2. The molecule has 0 aliphatic carbocycles. The molecule has 10 nitrogen and oxygen atoms in total. The Morgan fingerprint density at radius 1 is 0.210 bits per heavy atom. The van der Waals surface area contributed by atoms with Gasteiger partial charge in [0.1, 0.15) is 126 Å². The Morgan fingerprint density at radius 3 is 1.00 bits per heavy atom. The topological polar surface area (TPSA) is 85.1 Å². The van der Waals surface area contributed by atoms with Crippen molar-refractivity contribution in [1.29, 1.82) is 0 Å². The van der Waals surface area contributed by atoms with Crippen molar-refractivity contribution in [3.8, 4) is 56.3 Å². The normalized spacial score (nSPS) is 11.5. The van der Waals surface area contributed by atoms with Crippen LogP contribution in [-0.4, -0.2) is 0 Å². The quantitative estimate of drug-likeness (QED) is 0.127. The number of aromatic nitrogens is 5. The predicted octanol–water partition coefficient (Wildman–Crippen LogP) is 25.1. The number of hydrogen-bond donors (Lipinski definition) is 0. The summed E-state index contributed by atoms with van der Waals surface area (Å²) in [5, 5.41) is 7.88. The van der Waals surface area contributed by atoms with E-state index in [-0.39, 0.29) is 28.9 Å². The number of fused-ring (bicyclic) bond motifs is 15. The fourth-order valence-corrected chi connectivity index (χ4v) is 16.3. The lowest BCUT2D eigenvalue weighted by molar-refractivity contribution is -0.660. The Bertz CT molecular complexity index is 7490. The van der Waals surface area contributed by atoms with Crippen LogP contribution in [0.15, 0.2) is 241 Å². The third kappa shape index (κ3) is 14.6. The first-order chi connectivity index (χ1) is 56.9. The van der Waals surface area contributed by atoms with Crippen molar-refractivity contribution >= 4 is 110 Å². The summed E-state index contributed by atoms with van der Waals surface area (Å²) in [7, 11) is 9.97. The number of hydrogen-bond acceptors (Lipinski definition) is 5. The second kappa shape index (κ2) is 31.2. The van der Waals surface area contributed by atoms with Gasteiger partial charge in [0.05, 0.1) is 38.6 Å². The van der Waals surface area contributed by atoms with Gasteiger partial charge in [-0.15, -0.1) is 0 Å². The molecule has 0 aliphatic heterocycles. The molecule has 0 aliphatic rings. The summed E-state index contributed by atoms with van der Waals surface area (Å²) in [6, 6.07) is 56.3. The molecule has 0 fully saturated rings. The van der Waals surface area contributed by atoms with E-state index in [2.05, 4.69) is 140 Å². The number of benzene rings is 10. The van der Waals surface area contributed by atoms with Gasteiger partial charge >= 0.3 is 0 Å². The Balaban J connectivity index is 0.000000111. The van der Waals surface area contributed by atoms with Crippen LogP contribution in [0.25, 0.3) is 166 Å². The van der Waals surface area contributed by atoms with Crippen LogP contribution in [0.5, 0.6) is 0 Å². The van der Waals surface area contributed by atoms with Crippen molar-refractivity contribution in [1.82, 2.24) is 0 Å². The van der Waals surface area contributed by atoms with Crippen LogP contribution in [0.4, 0.5) is 30.7 Å². The minimum absolute atomic E-state index is 0.227. The molecule has 20 aromatic rings. The van der Waals surface area contributed by atoms with Crippen molar-refractivity contribution in [3.05, 3.63) is 327 Å². The van der Waals surface area contributed by atoms with Gasteiger partial charge in [-0.2, -0.15) is 0 Å². The van der Waals surface area contributed by atoms with Gasteiger partial charge in [0.25, 0.3) is 0 Å². The molecule has 0 saturated heterocycles. The molecule has 119 heavy (non-hydrogen) atoms. The highest BCUT2D eigenvalue weighted by atomic mass is 19.2. The molecule has 0 N–H and O–H groups in total. The highest BCUT2D eigenvalue weighted by molar-refractivity contribution is 6.14. The van der Waals surface area contributed by atoms with E-state index in [4.69, 9.17) is 22.1 Å². The average Bonchev–Trinajstić information content (AvgIpc) is 1.63. The molecule has 10 aromatic carbocycles. The molecule has 10 aromatic heterocycles. The maximum atomic E-state index is 14.6. The molecule has 0 unspecified atom stereocenters. The fraction of sp³-hybridized carbons (Fsp3) is 0.167. The van der Waals surface area contributed by atoms with E-state index in [9.17, 15) is 30.7 Å². The number of halogens is 7. The standard InChI is InChI=1S/2C21H19FNO.2C20H16F2NO.C20H17FNO/c1-12-7-8-23(4)18(9-12)20-13(2)5-6-15-16-10-14(3)17(22)11-19(16)24-21(15)20;1-12-9-10-23(4)18(11-12)19-13(2)5-6-16-15-7-8-17(22)14(3)20(15)24-21(16)19;1-11-6-7-23(3)16(8-11)18-12(2)9-15(22)19-14-5-4-13(21)10-17(14)24-20(18)19;1-11-6-7-23(3)16(8-11)18-12(2)4-5-14-19-15(22)9-13(21)10-17(19)24-20(14)18;1-12-8-9-22(3)17(10-12)19-13(2)4-6-16-15-7-5-14(21)11-18(15)23-20(16)19/h2*5-11H,1-4H3;2*4-10H,1-3H3;4-11H,1-3H3/q5*+1. The zero-order valence-electron chi connectivity index (χ0n) is 69.2. The molecule has 0 saturated carbocycles. The minimum atomic E-state index is -0.640. The Labute approximate surface area is 682 Å². The fourth-order valence-electron chi connectivity index (χ4n) is 16.3. The van der Waals surface area contributed by atoms with Crippen molar-refractivity contribution in [2.45, 2.75) is 83.1 Å². The largest absolute Gasteiger partial charge is 0.455 e. The lowest BCUT2D eigenvalue weighted by Crippen LogP contribution is -2.30. The molecule has 0 bridgehead atoms. The molecule has 17 heteroatoms. The maximum Gasteiger partial charge on any atom is 0.216 e. The molecule has 10 heterocycles. The lowest BCUT2D eigenvalue weighted by Gasteiger charge is -2.07. The molecule has 0 amide bonds. The Kier molecular flexibility index (Phi) is 20.8. The first-order valence-corrected chi connectivity index (χ1v) is 39.2. The first-order valence-electron chi connectivity index (χ1n) is 39.2. The van der Waals surface area contributed by atoms with Crippen molar-refractivity contribution < 1.29 is 75.7 Å². The average molecular weight is 1600 g/mol. The summed E-state index contributed by atoms with van der Waals surface area (Å²) in [5.74, 6) is -2.75. The summed E-state index contributed by atoms with van der Waals surface area (Å²) < 4.78 is 138. The second-order valence-electron chi connectivity index (χ2n) is 31.5. The lowest BCUT2D eigenvalue weighted by atomic mass is 9.99. The van der Waals surface area contributed by atoms with Crippen LogP contribution in [-0.2, 0) is 35.2 Å². The summed E-state index contributed by atoms with van der Waals surface area (Å²) in [6.45, 7) is 23.9. The number of rotatable bonds is 5.